The quantitative estimate of drug-likeness (QED) is 0.567. The van der Waals surface area contributed by atoms with E-state index in [-0.39, 0.29) is 10.9 Å². The molecule has 2 fully saturated rings. The molecule has 2 aliphatic rings. The molecule has 0 amide bonds. The summed E-state index contributed by atoms with van der Waals surface area (Å²) in [5.41, 5.74) is 2.87. The van der Waals surface area contributed by atoms with Crippen molar-refractivity contribution >= 4 is 15.7 Å². The third kappa shape index (κ3) is 2.91. The van der Waals surface area contributed by atoms with Crippen molar-refractivity contribution in [1.82, 2.24) is 9.62 Å². The number of para-hydroxylation sites is 1. The molecule has 0 aliphatic carbocycles. The Bertz CT molecular complexity index is 605. The standard InChI is InChI=1S/C14H22N4O2S/c15-16-12-5-1-2-7-14(12)21(19,20)17-11-8-10-18-9-4-3-6-13(11)18/h1-2,5,7,11,13,16-17H,3-4,6,8-10,15H2. The van der Waals surface area contributed by atoms with Crippen LogP contribution in [0.1, 0.15) is 25.7 Å². The summed E-state index contributed by atoms with van der Waals surface area (Å²) in [6, 6.07) is 7.04. The molecule has 6 nitrogen and oxygen atoms in total. The molecule has 0 aromatic heterocycles. The number of nitrogen functional groups attached to an aromatic ring is 1. The molecular weight excluding hydrogens is 288 g/mol. The van der Waals surface area contributed by atoms with Crippen LogP contribution in [0.15, 0.2) is 29.2 Å². The molecule has 1 aromatic carbocycles. The first kappa shape index (κ1) is 14.8. The molecule has 2 atom stereocenters. The van der Waals surface area contributed by atoms with Crippen LogP contribution in [0.25, 0.3) is 0 Å². The maximum absolute atomic E-state index is 12.6. The number of nitrogens with one attached hydrogen (secondary N) is 2. The second-order valence-electron chi connectivity index (χ2n) is 5.76. The van der Waals surface area contributed by atoms with Gasteiger partial charge in [0.25, 0.3) is 0 Å². The first-order valence-electron chi connectivity index (χ1n) is 7.44. The van der Waals surface area contributed by atoms with E-state index in [1.807, 2.05) is 0 Å². The molecule has 2 aliphatic heterocycles. The van der Waals surface area contributed by atoms with Gasteiger partial charge in [-0.2, -0.15) is 0 Å². The number of rotatable bonds is 4. The number of nitrogens with two attached hydrogens (primary N) is 1. The average molecular weight is 310 g/mol. The lowest BCUT2D eigenvalue weighted by molar-refractivity contribution is 0.186. The highest BCUT2D eigenvalue weighted by molar-refractivity contribution is 7.89. The summed E-state index contributed by atoms with van der Waals surface area (Å²) in [7, 11) is -3.56. The van der Waals surface area contributed by atoms with Crippen LogP contribution in [0.4, 0.5) is 5.69 Å². The smallest absolute Gasteiger partial charge is 0.242 e. The zero-order valence-electron chi connectivity index (χ0n) is 12.0. The van der Waals surface area contributed by atoms with E-state index in [2.05, 4.69) is 15.0 Å². The number of fused-ring (bicyclic) bond motifs is 1. The predicted molar refractivity (Wildman–Crippen MR) is 82.2 cm³/mol. The summed E-state index contributed by atoms with van der Waals surface area (Å²) in [5, 5.41) is 0. The average Bonchev–Trinajstić information content (AvgIpc) is 2.90. The summed E-state index contributed by atoms with van der Waals surface area (Å²) >= 11 is 0. The maximum Gasteiger partial charge on any atom is 0.242 e. The number of hydrazine groups is 1. The fourth-order valence-electron chi connectivity index (χ4n) is 3.47. The molecule has 0 spiro atoms. The van der Waals surface area contributed by atoms with Gasteiger partial charge in [-0.3, -0.25) is 10.7 Å². The number of hydrogen-bond donors (Lipinski definition) is 3. The highest BCUT2D eigenvalue weighted by Crippen LogP contribution is 2.29. The van der Waals surface area contributed by atoms with E-state index in [1.54, 1.807) is 24.3 Å². The van der Waals surface area contributed by atoms with E-state index in [9.17, 15) is 8.42 Å². The van der Waals surface area contributed by atoms with Crippen LogP contribution in [-0.2, 0) is 10.0 Å². The molecule has 3 rings (SSSR count). The minimum atomic E-state index is -3.56. The fourth-order valence-corrected chi connectivity index (χ4v) is 4.94. The van der Waals surface area contributed by atoms with Gasteiger partial charge in [0.05, 0.1) is 5.69 Å². The minimum Gasteiger partial charge on any atom is -0.323 e. The van der Waals surface area contributed by atoms with Crippen LogP contribution < -0.4 is 16.0 Å². The van der Waals surface area contributed by atoms with Crippen LogP contribution in [-0.4, -0.2) is 38.5 Å². The molecule has 0 radical (unpaired) electrons. The molecular formula is C14H22N4O2S. The van der Waals surface area contributed by atoms with Crippen LogP contribution in [0.5, 0.6) is 0 Å². The lowest BCUT2D eigenvalue weighted by atomic mass is 10.00. The number of nitrogens with zero attached hydrogens (tertiary/aromatic N) is 1. The Morgan fingerprint density at radius 2 is 1.95 bits per heavy atom. The molecule has 2 saturated heterocycles. The third-order valence-corrected chi connectivity index (χ3v) is 6.04. The molecule has 0 bridgehead atoms. The molecule has 0 saturated carbocycles. The zero-order valence-corrected chi connectivity index (χ0v) is 12.8. The van der Waals surface area contributed by atoms with Crippen molar-refractivity contribution in [2.24, 2.45) is 5.84 Å². The van der Waals surface area contributed by atoms with E-state index in [4.69, 9.17) is 5.84 Å². The van der Waals surface area contributed by atoms with Gasteiger partial charge in [-0.15, -0.1) is 0 Å². The maximum atomic E-state index is 12.6. The van der Waals surface area contributed by atoms with E-state index < -0.39 is 10.0 Å². The summed E-state index contributed by atoms with van der Waals surface area (Å²) < 4.78 is 28.1. The third-order valence-electron chi connectivity index (χ3n) is 4.49. The van der Waals surface area contributed by atoms with Crippen molar-refractivity contribution in [2.75, 3.05) is 18.5 Å². The van der Waals surface area contributed by atoms with Crippen molar-refractivity contribution in [3.05, 3.63) is 24.3 Å². The topological polar surface area (TPSA) is 87.5 Å². The number of anilines is 1. The highest BCUT2D eigenvalue weighted by atomic mass is 32.2. The van der Waals surface area contributed by atoms with E-state index in [0.717, 1.165) is 25.9 Å². The molecule has 2 heterocycles. The van der Waals surface area contributed by atoms with Crippen molar-refractivity contribution in [3.63, 3.8) is 0 Å². The normalized spacial score (nSPS) is 26.5. The van der Waals surface area contributed by atoms with E-state index in [1.165, 1.54) is 12.8 Å². The second-order valence-corrected chi connectivity index (χ2v) is 7.44. The van der Waals surface area contributed by atoms with E-state index >= 15 is 0 Å². The molecule has 2 unspecified atom stereocenters. The Morgan fingerprint density at radius 1 is 1.14 bits per heavy atom. The van der Waals surface area contributed by atoms with E-state index in [0.29, 0.717) is 11.7 Å². The summed E-state index contributed by atoms with van der Waals surface area (Å²) in [6.45, 7) is 2.07. The zero-order chi connectivity index (χ0) is 14.9. The Morgan fingerprint density at radius 3 is 2.76 bits per heavy atom. The number of hydrogen-bond acceptors (Lipinski definition) is 5. The minimum absolute atomic E-state index is 0.00105. The SMILES string of the molecule is NNc1ccccc1S(=O)(=O)NC1CCN2CCCCC12. The van der Waals surface area contributed by atoms with Crippen LogP contribution in [0.2, 0.25) is 0 Å². The van der Waals surface area contributed by atoms with Gasteiger partial charge in [-0.25, -0.2) is 13.1 Å². The summed E-state index contributed by atoms with van der Waals surface area (Å²) in [5.74, 6) is 5.41. The van der Waals surface area contributed by atoms with Gasteiger partial charge >= 0.3 is 0 Å². The molecule has 116 valence electrons. The lowest BCUT2D eigenvalue weighted by Gasteiger charge is -2.32. The van der Waals surface area contributed by atoms with Crippen molar-refractivity contribution in [3.8, 4) is 0 Å². The van der Waals surface area contributed by atoms with Crippen LogP contribution >= 0.6 is 0 Å². The summed E-state index contributed by atoms with van der Waals surface area (Å²) in [6.07, 6.45) is 4.35. The molecule has 7 heteroatoms. The second kappa shape index (κ2) is 5.92. The highest BCUT2D eigenvalue weighted by Gasteiger charge is 2.38. The van der Waals surface area contributed by atoms with Crippen LogP contribution in [0.3, 0.4) is 0 Å². The Hall–Kier alpha value is -1.15. The Balaban J connectivity index is 1.80. The number of piperidine rings is 1. The van der Waals surface area contributed by atoms with Crippen molar-refractivity contribution in [1.29, 1.82) is 0 Å². The van der Waals surface area contributed by atoms with Crippen molar-refractivity contribution in [2.45, 2.75) is 42.7 Å². The first-order valence-corrected chi connectivity index (χ1v) is 8.92. The Labute approximate surface area is 125 Å². The molecule has 21 heavy (non-hydrogen) atoms. The summed E-state index contributed by atoms with van der Waals surface area (Å²) in [4.78, 5) is 2.62. The molecule has 1 aromatic rings. The number of benzene rings is 1. The number of sulfonamides is 1. The van der Waals surface area contributed by atoms with Gasteiger partial charge in [-0.1, -0.05) is 18.6 Å². The van der Waals surface area contributed by atoms with Gasteiger partial charge in [-0.05, 0) is 37.9 Å². The lowest BCUT2D eigenvalue weighted by Crippen LogP contribution is -2.46. The predicted octanol–water partition coefficient (Wildman–Crippen LogP) is 0.877. The largest absolute Gasteiger partial charge is 0.323 e. The first-order chi connectivity index (χ1) is 10.1. The fraction of sp³-hybridized carbons (Fsp3) is 0.571. The molecule has 4 N–H and O–H groups in total. The van der Waals surface area contributed by atoms with Gasteiger partial charge < -0.3 is 5.43 Å². The van der Waals surface area contributed by atoms with Gasteiger partial charge in [0.15, 0.2) is 0 Å². The Kier molecular flexibility index (Phi) is 4.17. The van der Waals surface area contributed by atoms with Crippen molar-refractivity contribution < 1.29 is 8.42 Å². The monoisotopic (exact) mass is 310 g/mol. The van der Waals surface area contributed by atoms with Gasteiger partial charge in [0, 0.05) is 18.6 Å². The van der Waals surface area contributed by atoms with Gasteiger partial charge in [0.2, 0.25) is 10.0 Å². The van der Waals surface area contributed by atoms with Gasteiger partial charge in [0.1, 0.15) is 4.90 Å². The van der Waals surface area contributed by atoms with Crippen LogP contribution in [0, 0.1) is 0 Å².